The molecule has 1 aromatic rings. The average molecular weight is 357 g/mol. The highest BCUT2D eigenvalue weighted by atomic mass is 16.2. The molecule has 0 aliphatic carbocycles. The van der Waals surface area contributed by atoms with Gasteiger partial charge < -0.3 is 15.5 Å². The van der Waals surface area contributed by atoms with Crippen molar-refractivity contribution in [3.05, 3.63) is 42.5 Å². The Morgan fingerprint density at radius 2 is 1.96 bits per heavy atom. The van der Waals surface area contributed by atoms with E-state index >= 15 is 0 Å². The minimum absolute atomic E-state index is 0.0404. The Labute approximate surface area is 156 Å². The highest BCUT2D eigenvalue weighted by Gasteiger charge is 2.26. The molecule has 1 fully saturated rings. The lowest BCUT2D eigenvalue weighted by molar-refractivity contribution is 0.0958. The first-order chi connectivity index (χ1) is 12.5. The molecule has 1 atom stereocenters. The van der Waals surface area contributed by atoms with E-state index in [1.165, 1.54) is 12.8 Å². The number of anilines is 1. The third-order valence-electron chi connectivity index (χ3n) is 4.69. The predicted molar refractivity (Wildman–Crippen MR) is 106 cm³/mol. The van der Waals surface area contributed by atoms with Gasteiger partial charge in [0.05, 0.1) is 0 Å². The van der Waals surface area contributed by atoms with Crippen LogP contribution >= 0.6 is 0 Å². The minimum atomic E-state index is -0.146. The van der Waals surface area contributed by atoms with Crippen molar-refractivity contribution in [3.8, 4) is 0 Å². The Kier molecular flexibility index (Phi) is 7.70. The lowest BCUT2D eigenvalue weighted by Crippen LogP contribution is -2.43. The Balaban J connectivity index is 2.00. The van der Waals surface area contributed by atoms with Crippen LogP contribution in [0.25, 0.3) is 0 Å². The van der Waals surface area contributed by atoms with E-state index in [1.807, 2.05) is 4.90 Å². The van der Waals surface area contributed by atoms with Crippen molar-refractivity contribution < 1.29 is 9.59 Å². The summed E-state index contributed by atoms with van der Waals surface area (Å²) in [7, 11) is 0. The van der Waals surface area contributed by atoms with Crippen LogP contribution in [0.2, 0.25) is 0 Å². The maximum atomic E-state index is 12.8. The third kappa shape index (κ3) is 5.90. The van der Waals surface area contributed by atoms with Gasteiger partial charge in [0, 0.05) is 30.4 Å². The summed E-state index contributed by atoms with van der Waals surface area (Å²) in [6.45, 7) is 9.24. The fourth-order valence-corrected chi connectivity index (χ4v) is 3.40. The summed E-state index contributed by atoms with van der Waals surface area (Å²) in [5.74, 6) is 0.425. The number of rotatable bonds is 6. The van der Waals surface area contributed by atoms with E-state index in [2.05, 4.69) is 31.1 Å². The van der Waals surface area contributed by atoms with Crippen LogP contribution in [0, 0.1) is 5.92 Å². The maximum absolute atomic E-state index is 12.8. The van der Waals surface area contributed by atoms with Gasteiger partial charge in [0.25, 0.3) is 5.91 Å². The van der Waals surface area contributed by atoms with Crippen LogP contribution < -0.4 is 10.6 Å². The summed E-state index contributed by atoms with van der Waals surface area (Å²) in [5.41, 5.74) is 1.28. The molecular formula is C21H31N3O2. The third-order valence-corrected chi connectivity index (χ3v) is 4.69. The van der Waals surface area contributed by atoms with Crippen molar-refractivity contribution in [3.63, 3.8) is 0 Å². The summed E-state index contributed by atoms with van der Waals surface area (Å²) in [5, 5.41) is 5.73. The molecule has 142 valence electrons. The summed E-state index contributed by atoms with van der Waals surface area (Å²) in [6, 6.07) is 7.26. The molecule has 3 amide bonds. The minimum Gasteiger partial charge on any atom is -0.349 e. The molecule has 1 saturated heterocycles. The van der Waals surface area contributed by atoms with Crippen molar-refractivity contribution in [2.24, 2.45) is 5.92 Å². The second-order valence-corrected chi connectivity index (χ2v) is 7.33. The van der Waals surface area contributed by atoms with Crippen LogP contribution in [0.4, 0.5) is 10.5 Å². The smallest absolute Gasteiger partial charge is 0.322 e. The molecule has 1 aromatic carbocycles. The maximum Gasteiger partial charge on any atom is 0.322 e. The number of carbonyl (C=O) groups is 2. The number of hydrogen-bond donors (Lipinski definition) is 2. The topological polar surface area (TPSA) is 61.4 Å². The number of carbonyl (C=O) groups excluding carboxylic acids is 2. The molecule has 0 saturated carbocycles. The molecule has 0 radical (unpaired) electrons. The fourth-order valence-electron chi connectivity index (χ4n) is 3.40. The summed E-state index contributed by atoms with van der Waals surface area (Å²) >= 11 is 0. The number of amides is 3. The summed E-state index contributed by atoms with van der Waals surface area (Å²) in [6.07, 6.45) is 7.19. The highest BCUT2D eigenvalue weighted by molar-refractivity contribution is 5.95. The van der Waals surface area contributed by atoms with Gasteiger partial charge in [-0.3, -0.25) is 4.79 Å². The Morgan fingerprint density at radius 1 is 1.23 bits per heavy atom. The fraction of sp³-hybridized carbons (Fsp3) is 0.524. The largest absolute Gasteiger partial charge is 0.349 e. The lowest BCUT2D eigenvalue weighted by Gasteiger charge is -2.31. The van der Waals surface area contributed by atoms with Gasteiger partial charge in [-0.25, -0.2) is 4.79 Å². The molecule has 5 nitrogen and oxygen atoms in total. The van der Waals surface area contributed by atoms with Crippen LogP contribution in [-0.2, 0) is 0 Å². The molecule has 26 heavy (non-hydrogen) atoms. The van der Waals surface area contributed by atoms with Crippen molar-refractivity contribution in [2.45, 2.75) is 52.0 Å². The molecule has 1 aliphatic heterocycles. The molecule has 1 heterocycles. The molecule has 2 rings (SSSR count). The standard InChI is InChI=1S/C21H31N3O2/c1-4-13-22-20(25)17-9-11-18(12-10-17)23-21(26)24-14-7-5-6-8-19(24)15-16(2)3/h4,9-12,16,19H,1,5-8,13-15H2,2-3H3,(H,22,25)(H,23,26). The predicted octanol–water partition coefficient (Wildman–Crippen LogP) is 4.43. The molecule has 5 heteroatoms. The Morgan fingerprint density at radius 3 is 2.62 bits per heavy atom. The second-order valence-electron chi connectivity index (χ2n) is 7.33. The Hall–Kier alpha value is -2.30. The van der Waals surface area contributed by atoms with Gasteiger partial charge in [-0.05, 0) is 49.4 Å². The number of likely N-dealkylation sites (tertiary alicyclic amines) is 1. The zero-order chi connectivity index (χ0) is 18.9. The van der Waals surface area contributed by atoms with Gasteiger partial charge in [0.2, 0.25) is 0 Å². The first kappa shape index (κ1) is 20.0. The van der Waals surface area contributed by atoms with Crippen molar-refractivity contribution in [1.82, 2.24) is 10.2 Å². The number of nitrogens with zero attached hydrogens (tertiary/aromatic N) is 1. The molecule has 0 bridgehead atoms. The van der Waals surface area contributed by atoms with E-state index in [0.29, 0.717) is 29.8 Å². The van der Waals surface area contributed by atoms with Crippen molar-refractivity contribution in [1.29, 1.82) is 0 Å². The normalized spacial score (nSPS) is 17.5. The molecule has 1 aliphatic rings. The van der Waals surface area contributed by atoms with Gasteiger partial charge in [-0.1, -0.05) is 32.8 Å². The van der Waals surface area contributed by atoms with E-state index in [9.17, 15) is 9.59 Å². The molecular weight excluding hydrogens is 326 g/mol. The van der Waals surface area contributed by atoms with Crippen molar-refractivity contribution in [2.75, 3.05) is 18.4 Å². The highest BCUT2D eigenvalue weighted by Crippen LogP contribution is 2.23. The number of nitrogens with one attached hydrogen (secondary N) is 2. The van der Waals surface area contributed by atoms with E-state index < -0.39 is 0 Å². The van der Waals surface area contributed by atoms with E-state index in [4.69, 9.17) is 0 Å². The van der Waals surface area contributed by atoms with Crippen LogP contribution in [0.15, 0.2) is 36.9 Å². The van der Waals surface area contributed by atoms with E-state index in [1.54, 1.807) is 30.3 Å². The quantitative estimate of drug-likeness (QED) is 0.740. The van der Waals surface area contributed by atoms with E-state index in [-0.39, 0.29) is 11.9 Å². The number of urea groups is 1. The first-order valence-electron chi connectivity index (χ1n) is 9.58. The van der Waals surface area contributed by atoms with Crippen molar-refractivity contribution >= 4 is 17.6 Å². The van der Waals surface area contributed by atoms with Crippen LogP contribution in [-0.4, -0.2) is 36.0 Å². The second kappa shape index (κ2) is 10.00. The Bertz CT molecular complexity index is 610. The summed E-state index contributed by atoms with van der Waals surface area (Å²) in [4.78, 5) is 26.7. The zero-order valence-electron chi connectivity index (χ0n) is 16.0. The monoisotopic (exact) mass is 357 g/mol. The lowest BCUT2D eigenvalue weighted by atomic mass is 9.99. The number of benzene rings is 1. The van der Waals surface area contributed by atoms with Gasteiger partial charge >= 0.3 is 6.03 Å². The molecule has 1 unspecified atom stereocenters. The summed E-state index contributed by atoms with van der Waals surface area (Å²) < 4.78 is 0. The molecule has 0 spiro atoms. The zero-order valence-corrected chi connectivity index (χ0v) is 16.0. The molecule has 2 N–H and O–H groups in total. The first-order valence-corrected chi connectivity index (χ1v) is 9.58. The van der Waals surface area contributed by atoms with Gasteiger partial charge in [0.15, 0.2) is 0 Å². The van der Waals surface area contributed by atoms with E-state index in [0.717, 1.165) is 25.8 Å². The van der Waals surface area contributed by atoms with Crippen LogP contribution in [0.5, 0.6) is 0 Å². The van der Waals surface area contributed by atoms with Gasteiger partial charge in [-0.15, -0.1) is 6.58 Å². The van der Waals surface area contributed by atoms with Crippen LogP contribution in [0.1, 0.15) is 56.3 Å². The average Bonchev–Trinajstić information content (AvgIpc) is 2.85. The molecule has 0 aromatic heterocycles. The number of hydrogen-bond acceptors (Lipinski definition) is 2. The van der Waals surface area contributed by atoms with Gasteiger partial charge in [-0.2, -0.15) is 0 Å². The SMILES string of the molecule is C=CCNC(=O)c1ccc(NC(=O)N2CCCCCC2CC(C)C)cc1. The van der Waals surface area contributed by atoms with Gasteiger partial charge in [0.1, 0.15) is 0 Å². The van der Waals surface area contributed by atoms with Crippen LogP contribution in [0.3, 0.4) is 0 Å².